The molecule has 0 aliphatic rings. The number of benzene rings is 1. The summed E-state index contributed by atoms with van der Waals surface area (Å²) in [5.41, 5.74) is 0.946. The van der Waals surface area contributed by atoms with Crippen LogP contribution in [0.4, 0.5) is 0 Å². The fourth-order valence-corrected chi connectivity index (χ4v) is 1.60. The lowest BCUT2D eigenvalue weighted by atomic mass is 10.2. The van der Waals surface area contributed by atoms with Gasteiger partial charge < -0.3 is 0 Å². The molecule has 90 valence electrons. The maximum atomic E-state index is 4.31. The molecule has 0 saturated carbocycles. The van der Waals surface area contributed by atoms with Gasteiger partial charge in [-0.05, 0) is 5.21 Å². The van der Waals surface area contributed by atoms with Crippen LogP contribution in [-0.2, 0) is 13.6 Å². The fourth-order valence-electron chi connectivity index (χ4n) is 1.60. The third kappa shape index (κ3) is 1.97. The van der Waals surface area contributed by atoms with Crippen LogP contribution in [0.25, 0.3) is 11.4 Å². The molecule has 0 atom stereocenters. The van der Waals surface area contributed by atoms with Gasteiger partial charge in [-0.3, -0.25) is 4.68 Å². The zero-order chi connectivity index (χ0) is 12.4. The van der Waals surface area contributed by atoms with Gasteiger partial charge in [0.2, 0.25) is 5.82 Å². The van der Waals surface area contributed by atoms with Crippen molar-refractivity contribution in [3.8, 4) is 11.4 Å². The molecule has 18 heavy (non-hydrogen) atoms. The van der Waals surface area contributed by atoms with E-state index >= 15 is 0 Å². The molecule has 7 nitrogen and oxygen atoms in total. The van der Waals surface area contributed by atoms with Crippen molar-refractivity contribution < 1.29 is 0 Å². The molecule has 2 aromatic heterocycles. The molecule has 1 aromatic carbocycles. The summed E-state index contributed by atoms with van der Waals surface area (Å²) in [5, 5.41) is 16.3. The van der Waals surface area contributed by atoms with Crippen LogP contribution in [0.1, 0.15) is 5.82 Å². The minimum Gasteiger partial charge on any atom is -0.251 e. The lowest BCUT2D eigenvalue weighted by Gasteiger charge is -1.97. The zero-order valence-corrected chi connectivity index (χ0v) is 9.80. The molecule has 0 N–H and O–H groups in total. The third-order valence-electron chi connectivity index (χ3n) is 2.57. The lowest BCUT2D eigenvalue weighted by molar-refractivity contribution is 0.533. The third-order valence-corrected chi connectivity index (χ3v) is 2.57. The second-order valence-corrected chi connectivity index (χ2v) is 3.81. The summed E-state index contributed by atoms with van der Waals surface area (Å²) in [6.45, 7) is 0.455. The van der Waals surface area contributed by atoms with Crippen LogP contribution in [0.3, 0.4) is 0 Å². The van der Waals surface area contributed by atoms with Crippen LogP contribution < -0.4 is 0 Å². The Labute approximate surface area is 103 Å². The highest BCUT2D eigenvalue weighted by Crippen LogP contribution is 2.11. The van der Waals surface area contributed by atoms with E-state index in [-0.39, 0.29) is 0 Å². The van der Waals surface area contributed by atoms with Crippen LogP contribution in [0, 0.1) is 0 Å². The molecular weight excluding hydrogens is 230 g/mol. The minimum atomic E-state index is 0.455. The van der Waals surface area contributed by atoms with E-state index in [1.807, 2.05) is 37.4 Å². The van der Waals surface area contributed by atoms with Gasteiger partial charge in [0, 0.05) is 12.6 Å². The first-order valence-corrected chi connectivity index (χ1v) is 5.49. The maximum Gasteiger partial charge on any atom is 0.204 e. The molecule has 2 heterocycles. The lowest BCUT2D eigenvalue weighted by Crippen LogP contribution is -2.09. The normalized spacial score (nSPS) is 10.7. The van der Waals surface area contributed by atoms with Crippen molar-refractivity contribution in [2.45, 2.75) is 6.54 Å². The van der Waals surface area contributed by atoms with Gasteiger partial charge in [-0.25, -0.2) is 4.98 Å². The first kappa shape index (κ1) is 10.6. The molecule has 0 bridgehead atoms. The Morgan fingerprint density at radius 2 is 2.00 bits per heavy atom. The largest absolute Gasteiger partial charge is 0.251 e. The Balaban J connectivity index is 1.84. The summed E-state index contributed by atoms with van der Waals surface area (Å²) in [7, 11) is 1.83. The highest BCUT2D eigenvalue weighted by Gasteiger charge is 2.07. The van der Waals surface area contributed by atoms with Crippen molar-refractivity contribution >= 4 is 0 Å². The number of hydrogen-bond acceptors (Lipinski definition) is 5. The van der Waals surface area contributed by atoms with Gasteiger partial charge in [-0.15, -0.1) is 10.2 Å². The fraction of sp³-hybridized carbons (Fsp3) is 0.182. The van der Waals surface area contributed by atoms with Crippen LogP contribution in [0.5, 0.6) is 0 Å². The summed E-state index contributed by atoms with van der Waals surface area (Å²) < 4.78 is 1.69. The van der Waals surface area contributed by atoms with Gasteiger partial charge >= 0.3 is 0 Å². The summed E-state index contributed by atoms with van der Waals surface area (Å²) >= 11 is 0. The molecule has 0 saturated heterocycles. The van der Waals surface area contributed by atoms with Crippen molar-refractivity contribution in [1.29, 1.82) is 0 Å². The van der Waals surface area contributed by atoms with Crippen LogP contribution >= 0.6 is 0 Å². The van der Waals surface area contributed by atoms with E-state index in [1.165, 1.54) is 11.1 Å². The highest BCUT2D eigenvalue weighted by molar-refractivity contribution is 5.52. The van der Waals surface area contributed by atoms with Crippen molar-refractivity contribution in [3.63, 3.8) is 0 Å². The number of aromatic nitrogens is 7. The Bertz CT molecular complexity index is 640. The quantitative estimate of drug-likeness (QED) is 0.668. The zero-order valence-electron chi connectivity index (χ0n) is 9.80. The number of rotatable bonds is 3. The Hall–Kier alpha value is -2.57. The molecule has 0 unspecified atom stereocenters. The van der Waals surface area contributed by atoms with Gasteiger partial charge in [-0.2, -0.15) is 9.90 Å². The topological polar surface area (TPSA) is 74.3 Å². The molecule has 0 aliphatic carbocycles. The van der Waals surface area contributed by atoms with Gasteiger partial charge in [-0.1, -0.05) is 30.3 Å². The Morgan fingerprint density at radius 3 is 2.72 bits per heavy atom. The van der Waals surface area contributed by atoms with Crippen LogP contribution in [0.2, 0.25) is 0 Å². The number of tetrazole rings is 1. The van der Waals surface area contributed by atoms with E-state index in [9.17, 15) is 0 Å². The van der Waals surface area contributed by atoms with Gasteiger partial charge in [0.25, 0.3) is 0 Å². The van der Waals surface area contributed by atoms with Crippen molar-refractivity contribution in [3.05, 3.63) is 42.5 Å². The molecule has 3 rings (SSSR count). The molecule has 3 aromatic rings. The van der Waals surface area contributed by atoms with Crippen molar-refractivity contribution in [2.75, 3.05) is 0 Å². The van der Waals surface area contributed by atoms with E-state index < -0.39 is 0 Å². The molecule has 0 radical (unpaired) electrons. The number of aryl methyl sites for hydroxylation is 1. The molecule has 7 heteroatoms. The first-order chi connectivity index (χ1) is 8.83. The first-order valence-electron chi connectivity index (χ1n) is 5.49. The Kier molecular flexibility index (Phi) is 2.56. The maximum absolute atomic E-state index is 4.31. The molecule has 0 spiro atoms. The van der Waals surface area contributed by atoms with E-state index in [2.05, 4.69) is 25.5 Å². The van der Waals surface area contributed by atoms with Gasteiger partial charge in [0.15, 0.2) is 0 Å². The number of hydrogen-bond donors (Lipinski definition) is 0. The average molecular weight is 241 g/mol. The average Bonchev–Trinajstić information content (AvgIpc) is 3.02. The molecular formula is C11H11N7. The number of nitrogens with zero attached hydrogens (tertiary/aromatic N) is 7. The second-order valence-electron chi connectivity index (χ2n) is 3.81. The van der Waals surface area contributed by atoms with Crippen LogP contribution in [-0.4, -0.2) is 35.0 Å². The van der Waals surface area contributed by atoms with E-state index in [4.69, 9.17) is 0 Å². The summed E-state index contributed by atoms with van der Waals surface area (Å²) in [5.74, 6) is 1.39. The smallest absolute Gasteiger partial charge is 0.204 e. The van der Waals surface area contributed by atoms with Crippen molar-refractivity contribution in [2.24, 2.45) is 7.05 Å². The van der Waals surface area contributed by atoms with E-state index in [1.54, 1.807) is 4.68 Å². The monoisotopic (exact) mass is 241 g/mol. The minimum absolute atomic E-state index is 0.455. The Morgan fingerprint density at radius 1 is 1.17 bits per heavy atom. The SMILES string of the molecule is Cn1ncnc1Cn1nnc(-c2ccccc2)n1. The predicted octanol–water partition coefficient (Wildman–Crippen LogP) is 0.517. The summed E-state index contributed by atoms with van der Waals surface area (Å²) in [6, 6.07) is 9.73. The van der Waals surface area contributed by atoms with Gasteiger partial charge in [0.1, 0.15) is 18.7 Å². The standard InChI is InChI=1S/C11H11N7/c1-17-10(12-8-13-17)7-18-15-11(14-16-18)9-5-3-2-4-6-9/h2-6,8H,7H2,1H3. The van der Waals surface area contributed by atoms with E-state index in [0.29, 0.717) is 12.4 Å². The summed E-state index contributed by atoms with van der Waals surface area (Å²) in [6.07, 6.45) is 1.50. The summed E-state index contributed by atoms with van der Waals surface area (Å²) in [4.78, 5) is 5.62. The second kappa shape index (κ2) is 4.36. The van der Waals surface area contributed by atoms with E-state index in [0.717, 1.165) is 11.4 Å². The van der Waals surface area contributed by atoms with Crippen LogP contribution in [0.15, 0.2) is 36.7 Å². The highest BCUT2D eigenvalue weighted by atomic mass is 15.6. The molecule has 0 fully saturated rings. The molecule has 0 amide bonds. The van der Waals surface area contributed by atoms with Gasteiger partial charge in [0.05, 0.1) is 0 Å². The van der Waals surface area contributed by atoms with Crippen molar-refractivity contribution in [1.82, 2.24) is 35.0 Å². The predicted molar refractivity (Wildman–Crippen MR) is 63.4 cm³/mol. The molecule has 0 aliphatic heterocycles.